The third-order valence-corrected chi connectivity index (χ3v) is 6.42. The number of hydrogen-bond acceptors (Lipinski definition) is 4. The van der Waals surface area contributed by atoms with Crippen molar-refractivity contribution in [1.82, 2.24) is 9.97 Å². The SMILES string of the molecule is Cc1cc(Cl)cc2sc(N(Cc3ccccn3)C(=O)c3cccc4ccccc34)nc12. The number of carbonyl (C=O) groups excluding carboxylic acids is 1. The quantitative estimate of drug-likeness (QED) is 0.312. The van der Waals surface area contributed by atoms with E-state index in [1.807, 2.05) is 79.7 Å². The summed E-state index contributed by atoms with van der Waals surface area (Å²) in [5.41, 5.74) is 3.29. The van der Waals surface area contributed by atoms with Crippen molar-refractivity contribution >= 4 is 55.0 Å². The van der Waals surface area contributed by atoms with Gasteiger partial charge in [-0.2, -0.15) is 0 Å². The van der Waals surface area contributed by atoms with Crippen LogP contribution in [0.3, 0.4) is 0 Å². The normalized spacial score (nSPS) is 11.2. The molecule has 31 heavy (non-hydrogen) atoms. The molecule has 0 atom stereocenters. The minimum Gasteiger partial charge on any atom is -0.278 e. The molecule has 2 heterocycles. The van der Waals surface area contributed by atoms with Crippen LogP contribution in [0.5, 0.6) is 0 Å². The Hall–Kier alpha value is -3.28. The summed E-state index contributed by atoms with van der Waals surface area (Å²) in [4.78, 5) is 24.8. The Morgan fingerprint density at radius 3 is 2.68 bits per heavy atom. The first-order valence-corrected chi connectivity index (χ1v) is 11.1. The lowest BCUT2D eigenvalue weighted by Crippen LogP contribution is -2.30. The molecule has 4 nitrogen and oxygen atoms in total. The molecule has 0 N–H and O–H groups in total. The average Bonchev–Trinajstić information content (AvgIpc) is 3.21. The molecule has 0 saturated heterocycles. The summed E-state index contributed by atoms with van der Waals surface area (Å²) in [6.07, 6.45) is 1.73. The summed E-state index contributed by atoms with van der Waals surface area (Å²) >= 11 is 7.72. The van der Waals surface area contributed by atoms with E-state index in [9.17, 15) is 4.79 Å². The molecule has 0 aliphatic rings. The van der Waals surface area contributed by atoms with Gasteiger partial charge in [-0.3, -0.25) is 14.7 Å². The number of thiazole rings is 1. The van der Waals surface area contributed by atoms with Crippen molar-refractivity contribution in [1.29, 1.82) is 0 Å². The Balaban J connectivity index is 1.65. The molecule has 0 spiro atoms. The average molecular weight is 444 g/mol. The highest BCUT2D eigenvalue weighted by molar-refractivity contribution is 7.22. The van der Waals surface area contributed by atoms with Crippen molar-refractivity contribution in [3.05, 3.63) is 101 Å². The zero-order chi connectivity index (χ0) is 21.4. The van der Waals surface area contributed by atoms with Crippen LogP contribution in [0.2, 0.25) is 5.02 Å². The number of halogens is 1. The smallest absolute Gasteiger partial charge is 0.261 e. The Labute approximate surface area is 188 Å². The van der Waals surface area contributed by atoms with Crippen molar-refractivity contribution in [3.63, 3.8) is 0 Å². The molecule has 0 radical (unpaired) electrons. The fraction of sp³-hybridized carbons (Fsp3) is 0.0800. The van der Waals surface area contributed by atoms with E-state index in [2.05, 4.69) is 4.98 Å². The number of aryl methyl sites for hydroxylation is 1. The molecule has 0 fully saturated rings. The Bertz CT molecular complexity index is 1410. The first-order valence-electron chi connectivity index (χ1n) is 9.86. The molecule has 5 aromatic rings. The van der Waals surface area contributed by atoms with Crippen molar-refractivity contribution in [3.8, 4) is 0 Å². The molecule has 2 aromatic heterocycles. The lowest BCUT2D eigenvalue weighted by molar-refractivity contribution is 0.0986. The van der Waals surface area contributed by atoms with E-state index in [1.165, 1.54) is 11.3 Å². The van der Waals surface area contributed by atoms with Gasteiger partial charge in [-0.15, -0.1) is 0 Å². The molecule has 152 valence electrons. The van der Waals surface area contributed by atoms with Crippen LogP contribution in [0.25, 0.3) is 21.0 Å². The molecular formula is C25H18ClN3OS. The molecule has 1 amide bonds. The van der Waals surface area contributed by atoms with E-state index < -0.39 is 0 Å². The van der Waals surface area contributed by atoms with Crippen LogP contribution in [0, 0.1) is 6.92 Å². The van der Waals surface area contributed by atoms with E-state index in [1.54, 1.807) is 11.1 Å². The van der Waals surface area contributed by atoms with Crippen molar-refractivity contribution in [2.24, 2.45) is 0 Å². The number of fused-ring (bicyclic) bond motifs is 2. The largest absolute Gasteiger partial charge is 0.278 e. The van der Waals surface area contributed by atoms with Crippen LogP contribution in [0.4, 0.5) is 5.13 Å². The fourth-order valence-electron chi connectivity index (χ4n) is 3.70. The summed E-state index contributed by atoms with van der Waals surface area (Å²) in [5.74, 6) is -0.106. The fourth-order valence-corrected chi connectivity index (χ4v) is 5.11. The van der Waals surface area contributed by atoms with Crippen LogP contribution < -0.4 is 4.90 Å². The summed E-state index contributed by atoms with van der Waals surface area (Å²) in [6, 6.07) is 23.2. The first kappa shape index (κ1) is 19.7. The molecule has 0 aliphatic heterocycles. The van der Waals surface area contributed by atoms with Gasteiger partial charge in [0, 0.05) is 16.8 Å². The number of nitrogens with zero attached hydrogens (tertiary/aromatic N) is 3. The number of hydrogen-bond donors (Lipinski definition) is 0. The summed E-state index contributed by atoms with van der Waals surface area (Å²) in [6.45, 7) is 2.31. The van der Waals surface area contributed by atoms with Crippen molar-refractivity contribution in [2.75, 3.05) is 4.90 Å². The number of rotatable bonds is 4. The zero-order valence-electron chi connectivity index (χ0n) is 16.7. The standard InChI is InChI=1S/C25H18ClN3OS/c1-16-13-18(26)14-22-23(16)28-25(31-22)29(15-19-9-4-5-12-27-19)24(30)21-11-6-8-17-7-2-3-10-20(17)21/h2-14H,15H2,1H3. The number of aromatic nitrogens is 2. The highest BCUT2D eigenvalue weighted by Gasteiger charge is 2.24. The molecule has 0 aliphatic carbocycles. The molecule has 6 heteroatoms. The summed E-state index contributed by atoms with van der Waals surface area (Å²) in [5, 5.41) is 3.24. The Kier molecular flexibility index (Phi) is 5.14. The van der Waals surface area contributed by atoms with Crippen LogP contribution in [0.15, 0.2) is 79.0 Å². The molecule has 0 saturated carbocycles. The lowest BCUT2D eigenvalue weighted by Gasteiger charge is -2.20. The lowest BCUT2D eigenvalue weighted by atomic mass is 10.0. The second-order valence-corrected chi connectivity index (χ2v) is 8.75. The van der Waals surface area contributed by atoms with Gasteiger partial charge < -0.3 is 0 Å². The van der Waals surface area contributed by atoms with Gasteiger partial charge in [0.15, 0.2) is 5.13 Å². The van der Waals surface area contributed by atoms with Crippen LogP contribution in [-0.4, -0.2) is 15.9 Å². The molecule has 5 rings (SSSR count). The number of anilines is 1. The molecule has 0 unspecified atom stereocenters. The van der Waals surface area contributed by atoms with Gasteiger partial charge in [0.05, 0.1) is 22.5 Å². The topological polar surface area (TPSA) is 46.1 Å². The third-order valence-electron chi connectivity index (χ3n) is 5.18. The van der Waals surface area contributed by atoms with Crippen molar-refractivity contribution in [2.45, 2.75) is 13.5 Å². The van der Waals surface area contributed by atoms with E-state index in [0.717, 1.165) is 32.2 Å². The minimum atomic E-state index is -0.106. The van der Waals surface area contributed by atoms with Crippen molar-refractivity contribution < 1.29 is 4.79 Å². The van der Waals surface area contributed by atoms with Gasteiger partial charge in [-0.1, -0.05) is 65.4 Å². The Morgan fingerprint density at radius 2 is 1.84 bits per heavy atom. The predicted molar refractivity (Wildman–Crippen MR) is 128 cm³/mol. The van der Waals surface area contributed by atoms with Gasteiger partial charge in [0.25, 0.3) is 5.91 Å². The maximum Gasteiger partial charge on any atom is 0.261 e. The van der Waals surface area contributed by atoms with E-state index in [0.29, 0.717) is 22.3 Å². The monoisotopic (exact) mass is 443 g/mol. The van der Waals surface area contributed by atoms with Crippen LogP contribution in [0.1, 0.15) is 21.6 Å². The molecule has 3 aromatic carbocycles. The number of pyridine rings is 1. The van der Waals surface area contributed by atoms with Crippen LogP contribution >= 0.6 is 22.9 Å². The van der Waals surface area contributed by atoms with Gasteiger partial charge in [-0.05, 0) is 53.6 Å². The third kappa shape index (κ3) is 3.78. The summed E-state index contributed by atoms with van der Waals surface area (Å²) in [7, 11) is 0. The van der Waals surface area contributed by atoms with E-state index in [4.69, 9.17) is 16.6 Å². The van der Waals surface area contributed by atoms with Gasteiger partial charge in [0.1, 0.15) is 0 Å². The highest BCUT2D eigenvalue weighted by Crippen LogP contribution is 2.34. The maximum atomic E-state index is 13.8. The predicted octanol–water partition coefficient (Wildman–Crippen LogP) is 6.65. The van der Waals surface area contributed by atoms with Gasteiger partial charge in [0.2, 0.25) is 0 Å². The van der Waals surface area contributed by atoms with E-state index >= 15 is 0 Å². The number of carbonyl (C=O) groups is 1. The van der Waals surface area contributed by atoms with Crippen LogP contribution in [-0.2, 0) is 6.54 Å². The van der Waals surface area contributed by atoms with E-state index in [-0.39, 0.29) is 5.91 Å². The zero-order valence-corrected chi connectivity index (χ0v) is 18.3. The maximum absolute atomic E-state index is 13.8. The number of amides is 1. The minimum absolute atomic E-state index is 0.106. The van der Waals surface area contributed by atoms with Gasteiger partial charge in [-0.25, -0.2) is 4.98 Å². The van der Waals surface area contributed by atoms with Gasteiger partial charge >= 0.3 is 0 Å². The second-order valence-electron chi connectivity index (χ2n) is 7.30. The second kappa shape index (κ2) is 8.10. The summed E-state index contributed by atoms with van der Waals surface area (Å²) < 4.78 is 0.955. The Morgan fingerprint density at radius 1 is 1.03 bits per heavy atom. The number of benzene rings is 3. The highest BCUT2D eigenvalue weighted by atomic mass is 35.5. The molecular weight excluding hydrogens is 426 g/mol. The molecule has 0 bridgehead atoms. The first-order chi connectivity index (χ1) is 15.1.